The van der Waals surface area contributed by atoms with Crippen LogP contribution in [0.4, 0.5) is 0 Å². The van der Waals surface area contributed by atoms with Crippen LogP contribution >= 0.6 is 0 Å². The molecule has 0 aliphatic carbocycles. The Kier molecular flexibility index (Phi) is 8.12. The topological polar surface area (TPSA) is 35.1 Å². The first kappa shape index (κ1) is 16.8. The van der Waals surface area contributed by atoms with Crippen LogP contribution in [0.5, 0.6) is 11.5 Å². The molecule has 0 aliphatic rings. The van der Waals surface area contributed by atoms with Crippen molar-refractivity contribution in [1.82, 2.24) is 0 Å². The van der Waals surface area contributed by atoms with Gasteiger partial charge in [-0.25, -0.2) is 0 Å². The molecule has 0 aromatic heterocycles. The van der Waals surface area contributed by atoms with Crippen LogP contribution in [0, 0.1) is 0 Å². The van der Waals surface area contributed by atoms with E-state index in [0.29, 0.717) is 0 Å². The molecule has 0 amide bonds. The molecule has 0 unspecified atom stereocenters. The number of quaternary nitrogens is 1. The molecular weight excluding hydrogens is 250 g/mol. The van der Waals surface area contributed by atoms with Gasteiger partial charge in [-0.3, -0.25) is 0 Å². The molecule has 2 N–H and O–H groups in total. The third kappa shape index (κ3) is 6.80. The fourth-order valence-corrected chi connectivity index (χ4v) is 1.92. The lowest BCUT2D eigenvalue weighted by atomic mass is 10.2. The van der Waals surface area contributed by atoms with Gasteiger partial charge in [0.1, 0.15) is 0 Å². The van der Waals surface area contributed by atoms with Crippen molar-refractivity contribution in [3.05, 3.63) is 24.3 Å². The Hall–Kier alpha value is -1.22. The first-order valence-electron chi connectivity index (χ1n) is 7.85. The van der Waals surface area contributed by atoms with Gasteiger partial charge in [0.15, 0.2) is 11.5 Å². The summed E-state index contributed by atoms with van der Waals surface area (Å²) in [6.07, 6.45) is 3.68. The van der Waals surface area contributed by atoms with E-state index in [2.05, 4.69) is 19.2 Å². The van der Waals surface area contributed by atoms with E-state index in [9.17, 15) is 0 Å². The molecule has 20 heavy (non-hydrogen) atoms. The molecule has 0 bridgehead atoms. The van der Waals surface area contributed by atoms with Crippen molar-refractivity contribution in [3.8, 4) is 11.5 Å². The molecule has 0 heterocycles. The largest absolute Gasteiger partial charge is 0.490 e. The third-order valence-corrected chi connectivity index (χ3v) is 3.28. The average molecular weight is 280 g/mol. The maximum absolute atomic E-state index is 5.83. The second kappa shape index (κ2) is 9.65. The van der Waals surface area contributed by atoms with Gasteiger partial charge in [-0.15, -0.1) is 0 Å². The molecule has 1 rings (SSSR count). The molecule has 3 heteroatoms. The summed E-state index contributed by atoms with van der Waals surface area (Å²) in [5.41, 5.74) is 0. The maximum atomic E-state index is 5.83. The van der Waals surface area contributed by atoms with Gasteiger partial charge < -0.3 is 14.8 Å². The van der Waals surface area contributed by atoms with Gasteiger partial charge in [0, 0.05) is 0 Å². The van der Waals surface area contributed by atoms with Crippen molar-refractivity contribution in [2.75, 3.05) is 13.2 Å². The molecule has 114 valence electrons. The first-order valence-corrected chi connectivity index (χ1v) is 7.85. The van der Waals surface area contributed by atoms with Crippen LogP contribution in [0.15, 0.2) is 24.3 Å². The Labute approximate surface area is 123 Å². The molecule has 0 fully saturated rings. The molecular formula is C17H30NO2+. The molecule has 1 aromatic rings. The van der Waals surface area contributed by atoms with E-state index >= 15 is 0 Å². The van der Waals surface area contributed by atoms with Crippen molar-refractivity contribution in [1.29, 1.82) is 0 Å². The van der Waals surface area contributed by atoms with Crippen LogP contribution in [0.3, 0.4) is 0 Å². The van der Waals surface area contributed by atoms with Gasteiger partial charge in [0.25, 0.3) is 0 Å². The molecule has 1 atom stereocenters. The van der Waals surface area contributed by atoms with Crippen LogP contribution in [0.25, 0.3) is 0 Å². The van der Waals surface area contributed by atoms with Crippen LogP contribution in [0.1, 0.15) is 47.0 Å². The van der Waals surface area contributed by atoms with Gasteiger partial charge in [0.05, 0.1) is 25.3 Å². The van der Waals surface area contributed by atoms with E-state index in [0.717, 1.165) is 30.6 Å². The van der Waals surface area contributed by atoms with Crippen molar-refractivity contribution >= 4 is 0 Å². The highest BCUT2D eigenvalue weighted by atomic mass is 16.5. The van der Waals surface area contributed by atoms with Gasteiger partial charge >= 0.3 is 0 Å². The molecule has 0 saturated carbocycles. The normalized spacial score (nSPS) is 12.4. The van der Waals surface area contributed by atoms with E-state index in [-0.39, 0.29) is 6.10 Å². The Balaban J connectivity index is 2.25. The predicted octanol–water partition coefficient (Wildman–Crippen LogP) is 2.99. The maximum Gasteiger partial charge on any atom is 0.161 e. The molecule has 3 nitrogen and oxygen atoms in total. The summed E-state index contributed by atoms with van der Waals surface area (Å²) >= 11 is 0. The van der Waals surface area contributed by atoms with Crippen molar-refractivity contribution in [2.45, 2.75) is 59.1 Å². The number of rotatable bonds is 10. The molecule has 0 saturated heterocycles. The monoisotopic (exact) mass is 280 g/mol. The van der Waals surface area contributed by atoms with Crippen molar-refractivity contribution in [2.24, 2.45) is 0 Å². The Morgan fingerprint density at radius 2 is 1.75 bits per heavy atom. The van der Waals surface area contributed by atoms with Crippen molar-refractivity contribution < 1.29 is 14.8 Å². The van der Waals surface area contributed by atoms with E-state index in [1.54, 1.807) is 0 Å². The number of nitrogens with two attached hydrogens (primary N) is 1. The van der Waals surface area contributed by atoms with Gasteiger partial charge in [0.2, 0.25) is 0 Å². The summed E-state index contributed by atoms with van der Waals surface area (Å²) < 4.78 is 11.6. The van der Waals surface area contributed by atoms with E-state index in [1.807, 2.05) is 38.1 Å². The summed E-state index contributed by atoms with van der Waals surface area (Å²) in [5.74, 6) is 1.70. The summed E-state index contributed by atoms with van der Waals surface area (Å²) in [7, 11) is 0. The van der Waals surface area contributed by atoms with E-state index in [4.69, 9.17) is 9.47 Å². The zero-order valence-corrected chi connectivity index (χ0v) is 13.4. The average Bonchev–Trinajstić information content (AvgIpc) is 2.43. The van der Waals surface area contributed by atoms with Crippen LogP contribution < -0.4 is 14.8 Å². The van der Waals surface area contributed by atoms with Gasteiger partial charge in [-0.1, -0.05) is 19.1 Å². The lowest BCUT2D eigenvalue weighted by Gasteiger charge is -2.14. The second-order valence-corrected chi connectivity index (χ2v) is 5.58. The summed E-state index contributed by atoms with van der Waals surface area (Å²) in [6.45, 7) is 10.5. The first-order chi connectivity index (χ1) is 9.63. The van der Waals surface area contributed by atoms with Gasteiger partial charge in [-0.05, 0) is 52.2 Å². The highest BCUT2D eigenvalue weighted by molar-refractivity contribution is 5.39. The van der Waals surface area contributed by atoms with Crippen LogP contribution in [-0.4, -0.2) is 25.3 Å². The number of ether oxygens (including phenoxy) is 2. The highest BCUT2D eigenvalue weighted by Gasteiger charge is 2.06. The SMILES string of the molecule is CC[C@@H](C)[NH2+]CCCCOc1ccccc1OC(C)C. The summed E-state index contributed by atoms with van der Waals surface area (Å²) in [6, 6.07) is 8.64. The Bertz CT molecular complexity index is 366. The quantitative estimate of drug-likeness (QED) is 0.669. The Morgan fingerprint density at radius 3 is 2.40 bits per heavy atom. The third-order valence-electron chi connectivity index (χ3n) is 3.28. The lowest BCUT2D eigenvalue weighted by Crippen LogP contribution is -2.89. The minimum absolute atomic E-state index is 0.171. The number of unbranched alkanes of at least 4 members (excludes halogenated alkanes) is 1. The van der Waals surface area contributed by atoms with E-state index in [1.165, 1.54) is 19.4 Å². The number of para-hydroxylation sites is 2. The second-order valence-electron chi connectivity index (χ2n) is 5.58. The summed E-state index contributed by atoms with van der Waals surface area (Å²) in [5, 5.41) is 2.41. The fourth-order valence-electron chi connectivity index (χ4n) is 1.92. The molecule has 0 aliphatic heterocycles. The Morgan fingerprint density at radius 1 is 1.05 bits per heavy atom. The van der Waals surface area contributed by atoms with Crippen molar-refractivity contribution in [3.63, 3.8) is 0 Å². The number of benzene rings is 1. The van der Waals surface area contributed by atoms with Crippen LogP contribution in [-0.2, 0) is 0 Å². The van der Waals surface area contributed by atoms with Gasteiger partial charge in [-0.2, -0.15) is 0 Å². The molecule has 0 radical (unpaired) electrons. The lowest BCUT2D eigenvalue weighted by molar-refractivity contribution is -0.686. The number of hydrogen-bond donors (Lipinski definition) is 1. The smallest absolute Gasteiger partial charge is 0.161 e. The minimum atomic E-state index is 0.171. The molecule has 1 aromatic carbocycles. The number of hydrogen-bond acceptors (Lipinski definition) is 2. The fraction of sp³-hybridized carbons (Fsp3) is 0.647. The zero-order chi connectivity index (χ0) is 14.8. The zero-order valence-electron chi connectivity index (χ0n) is 13.4. The molecule has 0 spiro atoms. The van der Waals surface area contributed by atoms with E-state index < -0.39 is 0 Å². The standard InChI is InChI=1S/C17H29NO2/c1-5-15(4)18-12-8-9-13-19-16-10-6-7-11-17(16)20-14(2)3/h6-7,10-11,14-15,18H,5,8-9,12-13H2,1-4H3/p+1/t15-/m1/s1. The predicted molar refractivity (Wildman–Crippen MR) is 83.5 cm³/mol. The summed E-state index contributed by atoms with van der Waals surface area (Å²) in [4.78, 5) is 0. The highest BCUT2D eigenvalue weighted by Crippen LogP contribution is 2.27. The minimum Gasteiger partial charge on any atom is -0.490 e. The van der Waals surface area contributed by atoms with Crippen LogP contribution in [0.2, 0.25) is 0 Å².